The number of hydrogen-bond acceptors (Lipinski definition) is 7. The van der Waals surface area contributed by atoms with E-state index in [1.807, 2.05) is 83.9 Å². The highest BCUT2D eigenvalue weighted by Crippen LogP contribution is 2.71. The predicted octanol–water partition coefficient (Wildman–Crippen LogP) is 9.50. The average Bonchev–Trinajstić information content (AvgIpc) is 3.58. The molecule has 0 amide bonds. The number of nitrogens with zero attached hydrogens (tertiary/aromatic N) is 3. The van der Waals surface area contributed by atoms with Crippen molar-refractivity contribution in [2.75, 3.05) is 5.01 Å². The van der Waals surface area contributed by atoms with Gasteiger partial charge in [0.15, 0.2) is 9.25 Å². The number of carbonyl (C=O) groups excluding carboxylic acids is 1. The van der Waals surface area contributed by atoms with Crippen molar-refractivity contribution >= 4 is 68.9 Å². The lowest BCUT2D eigenvalue weighted by Crippen LogP contribution is -2.34. The lowest BCUT2D eigenvalue weighted by molar-refractivity contribution is -0.384. The Bertz CT molecular complexity index is 1890. The van der Waals surface area contributed by atoms with Gasteiger partial charge < -0.3 is 0 Å². The van der Waals surface area contributed by atoms with Gasteiger partial charge in [0.25, 0.3) is 5.69 Å². The van der Waals surface area contributed by atoms with Crippen molar-refractivity contribution in [3.05, 3.63) is 175 Å². The van der Waals surface area contributed by atoms with Crippen LogP contribution in [0.2, 0.25) is 10.0 Å². The summed E-state index contributed by atoms with van der Waals surface area (Å²) in [5, 5.41) is 19.8. The molecule has 1 atom stereocenters. The SMILES string of the molecule is O=C(C1=NN(c2ccc([N+](=O)[O-])cc2)[C@]2(S1)SC(c1ccc(Cl)cc1)(c1ccc(Cl)cc1)c1ccccc12)c1ccccc1. The first kappa shape index (κ1) is 28.7. The van der Waals surface area contributed by atoms with Crippen molar-refractivity contribution in [2.45, 2.75) is 8.95 Å². The Kier molecular flexibility index (Phi) is 7.25. The third-order valence-corrected chi connectivity index (χ3v) is 11.5. The summed E-state index contributed by atoms with van der Waals surface area (Å²) in [5.74, 6) is -0.201. The normalized spacial score (nSPS) is 18.2. The maximum atomic E-state index is 13.9. The van der Waals surface area contributed by atoms with E-state index in [9.17, 15) is 14.9 Å². The highest BCUT2D eigenvalue weighted by molar-refractivity contribution is 8.27. The zero-order valence-corrected chi connectivity index (χ0v) is 25.9. The topological polar surface area (TPSA) is 75.8 Å². The molecule has 0 radical (unpaired) electrons. The van der Waals surface area contributed by atoms with E-state index < -0.39 is 13.9 Å². The first-order valence-corrected chi connectivity index (χ1v) is 15.9. The van der Waals surface area contributed by atoms with E-state index in [0.29, 0.717) is 26.3 Å². The molecule has 0 fully saturated rings. The van der Waals surface area contributed by atoms with Crippen LogP contribution in [0, 0.1) is 10.1 Å². The minimum Gasteiger partial charge on any atom is -0.286 e. The maximum absolute atomic E-state index is 13.9. The van der Waals surface area contributed by atoms with E-state index in [4.69, 9.17) is 28.3 Å². The summed E-state index contributed by atoms with van der Waals surface area (Å²) in [6, 6.07) is 39.0. The van der Waals surface area contributed by atoms with E-state index >= 15 is 0 Å². The number of benzene rings is 5. The quantitative estimate of drug-likeness (QED) is 0.103. The summed E-state index contributed by atoms with van der Waals surface area (Å²) in [4.78, 5) is 24.9. The number of nitro benzene ring substituents is 1. The molecule has 2 aliphatic heterocycles. The van der Waals surface area contributed by atoms with Gasteiger partial charge in [0.2, 0.25) is 5.78 Å². The van der Waals surface area contributed by atoms with Crippen LogP contribution < -0.4 is 5.01 Å². The number of carbonyl (C=O) groups is 1. The third kappa shape index (κ3) is 4.61. The van der Waals surface area contributed by atoms with Gasteiger partial charge in [-0.3, -0.25) is 14.9 Å². The van der Waals surface area contributed by atoms with Gasteiger partial charge in [0.05, 0.1) is 15.4 Å². The van der Waals surface area contributed by atoms with E-state index in [1.165, 1.54) is 23.9 Å². The van der Waals surface area contributed by atoms with Gasteiger partial charge in [-0.2, -0.15) is 5.10 Å². The average molecular weight is 655 g/mol. The fourth-order valence-corrected chi connectivity index (χ4v) is 9.56. The zero-order chi connectivity index (χ0) is 30.5. The van der Waals surface area contributed by atoms with Crippen molar-refractivity contribution in [3.8, 4) is 0 Å². The summed E-state index contributed by atoms with van der Waals surface area (Å²) in [6.07, 6.45) is 0. The second kappa shape index (κ2) is 11.1. The zero-order valence-electron chi connectivity index (χ0n) is 22.8. The lowest BCUT2D eigenvalue weighted by atomic mass is 9.82. The Morgan fingerprint density at radius 1 is 0.727 bits per heavy atom. The van der Waals surface area contributed by atoms with Crippen molar-refractivity contribution in [3.63, 3.8) is 0 Å². The number of nitro groups is 1. The molecule has 2 aliphatic rings. The number of thioether (sulfide) groups is 2. The molecule has 2 heterocycles. The van der Waals surface area contributed by atoms with E-state index in [2.05, 4.69) is 12.1 Å². The van der Waals surface area contributed by atoms with E-state index in [0.717, 1.165) is 22.3 Å². The summed E-state index contributed by atoms with van der Waals surface area (Å²) < 4.78 is -1.70. The molecule has 0 saturated heterocycles. The molecule has 0 N–H and O–H groups in total. The molecule has 0 aliphatic carbocycles. The largest absolute Gasteiger partial charge is 0.286 e. The fraction of sp³-hybridized carbons (Fsp3) is 0.0588. The summed E-state index contributed by atoms with van der Waals surface area (Å²) in [6.45, 7) is 0. The number of Topliss-reactive ketones (excluding diaryl/α,β-unsaturated/α-hetero) is 1. The number of hydrogen-bond donors (Lipinski definition) is 0. The number of fused-ring (bicyclic) bond motifs is 2. The second-order valence-corrected chi connectivity index (χ2v) is 13.9. The lowest BCUT2D eigenvalue weighted by Gasteiger charge is -2.37. The van der Waals surface area contributed by atoms with Gasteiger partial charge in [-0.15, -0.1) is 0 Å². The standard InChI is InChI=1S/C34H21Cl2N3O3S2/c35-25-14-10-23(11-15-25)33(24-12-16-26(36)17-13-24)29-8-4-5-9-30(29)34(44-33)38(27-18-20-28(21-19-27)39(41)42)37-32(43-34)31(40)22-6-2-1-3-7-22/h1-21H/t34-/m1/s1. The van der Waals surface area contributed by atoms with Gasteiger partial charge in [-0.25, -0.2) is 5.01 Å². The molecule has 5 aromatic rings. The van der Waals surface area contributed by atoms with Crippen LogP contribution in [0.1, 0.15) is 32.6 Å². The summed E-state index contributed by atoms with van der Waals surface area (Å²) in [7, 11) is 0. The van der Waals surface area contributed by atoms with Crippen LogP contribution in [0.5, 0.6) is 0 Å². The van der Waals surface area contributed by atoms with Gasteiger partial charge in [-0.05, 0) is 53.1 Å². The summed E-state index contributed by atoms with van der Waals surface area (Å²) in [5.41, 5.74) is 5.07. The minimum atomic E-state index is -0.953. The van der Waals surface area contributed by atoms with Crippen LogP contribution in [0.3, 0.4) is 0 Å². The highest BCUT2D eigenvalue weighted by atomic mass is 35.5. The molecular formula is C34H21Cl2N3O3S2. The Morgan fingerprint density at radius 3 is 1.84 bits per heavy atom. The Hall–Kier alpha value is -4.08. The maximum Gasteiger partial charge on any atom is 0.269 e. The molecule has 0 aromatic heterocycles. The number of rotatable bonds is 6. The van der Waals surface area contributed by atoms with Gasteiger partial charge in [0, 0.05) is 33.3 Å². The molecule has 5 aromatic carbocycles. The van der Waals surface area contributed by atoms with Gasteiger partial charge >= 0.3 is 0 Å². The Balaban J connectivity index is 1.47. The molecule has 44 heavy (non-hydrogen) atoms. The minimum absolute atomic E-state index is 0.0321. The molecular weight excluding hydrogens is 633 g/mol. The molecule has 0 unspecified atom stereocenters. The third-order valence-electron chi connectivity index (χ3n) is 7.68. The molecule has 0 saturated carbocycles. The van der Waals surface area contributed by atoms with Crippen LogP contribution in [0.15, 0.2) is 132 Å². The molecule has 7 rings (SSSR count). The number of anilines is 1. The van der Waals surface area contributed by atoms with Crippen LogP contribution in [0.25, 0.3) is 0 Å². The van der Waals surface area contributed by atoms with Crippen LogP contribution in [-0.4, -0.2) is 15.8 Å². The van der Waals surface area contributed by atoms with E-state index in [-0.39, 0.29) is 11.5 Å². The van der Waals surface area contributed by atoms with E-state index in [1.54, 1.807) is 36.0 Å². The molecule has 216 valence electrons. The first-order valence-electron chi connectivity index (χ1n) is 13.6. The molecule has 0 bridgehead atoms. The van der Waals surface area contributed by atoms with Crippen molar-refractivity contribution in [1.29, 1.82) is 0 Å². The van der Waals surface area contributed by atoms with Crippen molar-refractivity contribution in [1.82, 2.24) is 0 Å². The second-order valence-electron chi connectivity index (χ2n) is 10.2. The predicted molar refractivity (Wildman–Crippen MR) is 180 cm³/mol. The monoisotopic (exact) mass is 653 g/mol. The number of hydrazone groups is 1. The Morgan fingerprint density at radius 2 is 1.27 bits per heavy atom. The molecule has 1 spiro atoms. The van der Waals surface area contributed by atoms with Crippen LogP contribution >= 0.6 is 46.7 Å². The first-order chi connectivity index (χ1) is 21.3. The van der Waals surface area contributed by atoms with Crippen LogP contribution in [0.4, 0.5) is 11.4 Å². The number of non-ortho nitro benzene ring substituents is 1. The highest BCUT2D eigenvalue weighted by Gasteiger charge is 2.61. The number of ketones is 1. The fourth-order valence-electron chi connectivity index (χ4n) is 5.68. The molecule has 10 heteroatoms. The summed E-state index contributed by atoms with van der Waals surface area (Å²) >= 11 is 15.8. The van der Waals surface area contributed by atoms with Gasteiger partial charge in [-0.1, -0.05) is 126 Å². The molecule has 6 nitrogen and oxygen atoms in total. The Labute approximate surface area is 271 Å². The number of halogens is 2. The smallest absolute Gasteiger partial charge is 0.269 e. The van der Waals surface area contributed by atoms with Crippen molar-refractivity contribution < 1.29 is 9.72 Å². The van der Waals surface area contributed by atoms with Crippen LogP contribution in [-0.2, 0) is 8.95 Å². The van der Waals surface area contributed by atoms with Crippen molar-refractivity contribution in [2.24, 2.45) is 5.10 Å². The van der Waals surface area contributed by atoms with Gasteiger partial charge in [0.1, 0.15) is 0 Å².